The summed E-state index contributed by atoms with van der Waals surface area (Å²) in [7, 11) is 0. The van der Waals surface area contributed by atoms with Crippen LogP contribution in [0, 0.1) is 5.92 Å². The lowest BCUT2D eigenvalue weighted by molar-refractivity contribution is 0.263. The first kappa shape index (κ1) is 13.3. The van der Waals surface area contributed by atoms with Crippen LogP contribution in [0.3, 0.4) is 0 Å². The second-order valence-electron chi connectivity index (χ2n) is 4.92. The van der Waals surface area contributed by atoms with Gasteiger partial charge < -0.3 is 15.3 Å². The van der Waals surface area contributed by atoms with Gasteiger partial charge in [0, 0.05) is 32.4 Å². The van der Waals surface area contributed by atoms with E-state index in [1.165, 1.54) is 12.0 Å². The standard InChI is InChI=1S/C14H23N3O/c1-2-15-9-13-3-4-14(16-10-13)17-7-5-12(11-17)6-8-18/h3-4,10,12,15,18H,2,5-9,11H2,1H3. The number of aliphatic hydroxyl groups is 1. The molecule has 4 nitrogen and oxygen atoms in total. The van der Waals surface area contributed by atoms with Crippen LogP contribution in [-0.4, -0.2) is 36.3 Å². The number of pyridine rings is 1. The van der Waals surface area contributed by atoms with Crippen LogP contribution >= 0.6 is 0 Å². The van der Waals surface area contributed by atoms with Gasteiger partial charge in [0.2, 0.25) is 0 Å². The number of aliphatic hydroxyl groups excluding tert-OH is 1. The molecule has 0 amide bonds. The van der Waals surface area contributed by atoms with Crippen LogP contribution in [0.4, 0.5) is 5.82 Å². The first-order valence-corrected chi connectivity index (χ1v) is 6.85. The Labute approximate surface area is 109 Å². The summed E-state index contributed by atoms with van der Waals surface area (Å²) in [5, 5.41) is 12.3. The molecule has 2 heterocycles. The molecule has 0 radical (unpaired) electrons. The van der Waals surface area contributed by atoms with Gasteiger partial charge in [0.25, 0.3) is 0 Å². The van der Waals surface area contributed by atoms with Crippen molar-refractivity contribution in [3.63, 3.8) is 0 Å². The average molecular weight is 249 g/mol. The summed E-state index contributed by atoms with van der Waals surface area (Å²) >= 11 is 0. The Hall–Kier alpha value is -1.13. The van der Waals surface area contributed by atoms with Crippen LogP contribution in [0.1, 0.15) is 25.3 Å². The first-order chi connectivity index (χ1) is 8.83. The van der Waals surface area contributed by atoms with E-state index in [-0.39, 0.29) is 0 Å². The second kappa shape index (κ2) is 6.71. The zero-order chi connectivity index (χ0) is 12.8. The number of anilines is 1. The molecular weight excluding hydrogens is 226 g/mol. The van der Waals surface area contributed by atoms with Crippen molar-refractivity contribution in [2.24, 2.45) is 5.92 Å². The molecule has 0 aliphatic carbocycles. The molecule has 0 spiro atoms. The van der Waals surface area contributed by atoms with Crippen LogP contribution in [-0.2, 0) is 6.54 Å². The highest BCUT2D eigenvalue weighted by molar-refractivity contribution is 5.40. The van der Waals surface area contributed by atoms with Gasteiger partial charge in [-0.25, -0.2) is 4.98 Å². The number of hydrogen-bond donors (Lipinski definition) is 2. The first-order valence-electron chi connectivity index (χ1n) is 6.85. The van der Waals surface area contributed by atoms with E-state index in [0.29, 0.717) is 12.5 Å². The van der Waals surface area contributed by atoms with Crippen molar-refractivity contribution in [1.82, 2.24) is 10.3 Å². The summed E-state index contributed by atoms with van der Waals surface area (Å²) in [5.74, 6) is 1.69. The summed E-state index contributed by atoms with van der Waals surface area (Å²) < 4.78 is 0. The van der Waals surface area contributed by atoms with Crippen molar-refractivity contribution in [3.05, 3.63) is 23.9 Å². The highest BCUT2D eigenvalue weighted by Gasteiger charge is 2.22. The molecule has 1 aliphatic rings. The largest absolute Gasteiger partial charge is 0.396 e. The maximum absolute atomic E-state index is 8.96. The fourth-order valence-corrected chi connectivity index (χ4v) is 2.44. The lowest BCUT2D eigenvalue weighted by Gasteiger charge is -2.17. The van der Waals surface area contributed by atoms with Crippen molar-refractivity contribution in [1.29, 1.82) is 0 Å². The maximum atomic E-state index is 8.96. The predicted octanol–water partition coefficient (Wildman–Crippen LogP) is 1.40. The Bertz CT molecular complexity index is 353. The predicted molar refractivity (Wildman–Crippen MR) is 73.6 cm³/mol. The molecule has 1 unspecified atom stereocenters. The van der Waals surface area contributed by atoms with Gasteiger partial charge >= 0.3 is 0 Å². The number of hydrogen-bond acceptors (Lipinski definition) is 4. The summed E-state index contributed by atoms with van der Waals surface area (Å²) in [6, 6.07) is 4.25. The minimum Gasteiger partial charge on any atom is -0.396 e. The molecule has 18 heavy (non-hydrogen) atoms. The molecule has 1 atom stereocenters. The van der Waals surface area contributed by atoms with E-state index in [1.54, 1.807) is 0 Å². The minimum atomic E-state index is 0.299. The summed E-state index contributed by atoms with van der Waals surface area (Å²) in [4.78, 5) is 6.85. The quantitative estimate of drug-likeness (QED) is 0.800. The molecule has 1 saturated heterocycles. The zero-order valence-corrected chi connectivity index (χ0v) is 11.1. The summed E-state index contributed by atoms with van der Waals surface area (Å²) in [5.41, 5.74) is 1.23. The molecule has 4 heteroatoms. The Balaban J connectivity index is 1.90. The molecule has 2 N–H and O–H groups in total. The van der Waals surface area contributed by atoms with Crippen LogP contribution in [0.25, 0.3) is 0 Å². The molecule has 1 aliphatic heterocycles. The number of nitrogens with one attached hydrogen (secondary N) is 1. The lowest BCUT2D eigenvalue weighted by atomic mass is 10.1. The molecule has 1 aromatic heterocycles. The molecule has 0 bridgehead atoms. The van der Waals surface area contributed by atoms with Gasteiger partial charge in [0.05, 0.1) is 0 Å². The van der Waals surface area contributed by atoms with Crippen LogP contribution in [0.15, 0.2) is 18.3 Å². The van der Waals surface area contributed by atoms with Crippen molar-refractivity contribution >= 4 is 5.82 Å². The van der Waals surface area contributed by atoms with Gasteiger partial charge in [0.15, 0.2) is 0 Å². The van der Waals surface area contributed by atoms with Gasteiger partial charge in [-0.15, -0.1) is 0 Å². The monoisotopic (exact) mass is 249 g/mol. The normalized spacial score (nSPS) is 19.4. The fraction of sp³-hybridized carbons (Fsp3) is 0.643. The topological polar surface area (TPSA) is 48.4 Å². The Kier molecular flexibility index (Phi) is 4.96. The molecule has 100 valence electrons. The third kappa shape index (κ3) is 3.43. The molecular formula is C14H23N3O. The molecule has 1 fully saturated rings. The molecule has 2 rings (SSSR count). The number of nitrogens with zero attached hydrogens (tertiary/aromatic N) is 2. The SMILES string of the molecule is CCNCc1ccc(N2CCC(CCO)C2)nc1. The van der Waals surface area contributed by atoms with E-state index >= 15 is 0 Å². The van der Waals surface area contributed by atoms with Gasteiger partial charge in [-0.3, -0.25) is 0 Å². The minimum absolute atomic E-state index is 0.299. The van der Waals surface area contributed by atoms with Gasteiger partial charge in [-0.05, 0) is 36.9 Å². The van der Waals surface area contributed by atoms with Gasteiger partial charge in [-0.2, -0.15) is 0 Å². The molecule has 1 aromatic rings. The van der Waals surface area contributed by atoms with Crippen LogP contribution in [0.5, 0.6) is 0 Å². The number of rotatable bonds is 6. The van der Waals surface area contributed by atoms with Crippen molar-refractivity contribution in [2.45, 2.75) is 26.3 Å². The lowest BCUT2D eigenvalue weighted by Crippen LogP contribution is -2.21. The molecule has 0 saturated carbocycles. The van der Waals surface area contributed by atoms with Gasteiger partial charge in [-0.1, -0.05) is 13.0 Å². The average Bonchev–Trinajstić information content (AvgIpc) is 2.86. The van der Waals surface area contributed by atoms with Crippen LogP contribution in [0.2, 0.25) is 0 Å². The van der Waals surface area contributed by atoms with Crippen molar-refractivity contribution in [3.8, 4) is 0 Å². The van der Waals surface area contributed by atoms with E-state index in [1.807, 2.05) is 6.20 Å². The summed E-state index contributed by atoms with van der Waals surface area (Å²) in [6.07, 6.45) is 4.04. The molecule has 0 aromatic carbocycles. The highest BCUT2D eigenvalue weighted by Crippen LogP contribution is 2.23. The third-order valence-electron chi connectivity index (χ3n) is 3.54. The van der Waals surface area contributed by atoms with E-state index in [4.69, 9.17) is 5.11 Å². The van der Waals surface area contributed by atoms with E-state index in [9.17, 15) is 0 Å². The van der Waals surface area contributed by atoms with E-state index in [2.05, 4.69) is 34.3 Å². The fourth-order valence-electron chi connectivity index (χ4n) is 2.44. The van der Waals surface area contributed by atoms with Crippen LogP contribution < -0.4 is 10.2 Å². The third-order valence-corrected chi connectivity index (χ3v) is 3.54. The maximum Gasteiger partial charge on any atom is 0.128 e. The van der Waals surface area contributed by atoms with Crippen molar-refractivity contribution < 1.29 is 5.11 Å². The Morgan fingerprint density at radius 1 is 1.50 bits per heavy atom. The van der Waals surface area contributed by atoms with E-state index in [0.717, 1.165) is 38.4 Å². The van der Waals surface area contributed by atoms with Gasteiger partial charge in [0.1, 0.15) is 5.82 Å². The summed E-state index contributed by atoms with van der Waals surface area (Å²) in [6.45, 7) is 6.36. The Morgan fingerprint density at radius 3 is 3.06 bits per heavy atom. The second-order valence-corrected chi connectivity index (χ2v) is 4.92. The Morgan fingerprint density at radius 2 is 2.39 bits per heavy atom. The van der Waals surface area contributed by atoms with Crippen molar-refractivity contribution in [2.75, 3.05) is 31.1 Å². The number of aromatic nitrogens is 1. The zero-order valence-electron chi connectivity index (χ0n) is 11.1. The van der Waals surface area contributed by atoms with E-state index < -0.39 is 0 Å². The smallest absolute Gasteiger partial charge is 0.128 e. The highest BCUT2D eigenvalue weighted by atomic mass is 16.3.